The second-order valence-electron chi connectivity index (χ2n) is 4.91. The maximum absolute atomic E-state index is 11.4. The van der Waals surface area contributed by atoms with Crippen LogP contribution in [-0.2, 0) is 0 Å². The lowest BCUT2D eigenvalue weighted by Crippen LogP contribution is -2.37. The maximum Gasteiger partial charge on any atom is 0.338 e. The summed E-state index contributed by atoms with van der Waals surface area (Å²) in [5, 5.41) is 12.8. The van der Waals surface area contributed by atoms with Crippen LogP contribution in [0.3, 0.4) is 0 Å². The van der Waals surface area contributed by atoms with E-state index in [1.807, 2.05) is 24.5 Å². The molecular weight excluding hydrogens is 260 g/mol. The summed E-state index contributed by atoms with van der Waals surface area (Å²) in [7, 11) is 2.12. The first-order valence-electron chi connectivity index (χ1n) is 6.47. The van der Waals surface area contributed by atoms with E-state index in [2.05, 4.69) is 17.3 Å². The van der Waals surface area contributed by atoms with Crippen LogP contribution in [0.15, 0.2) is 23.1 Å². The van der Waals surface area contributed by atoms with Gasteiger partial charge in [-0.15, -0.1) is 11.8 Å². The summed E-state index contributed by atoms with van der Waals surface area (Å²) in [5.74, 6) is -0.861. The number of thioether (sulfide) groups is 1. The average Bonchev–Trinajstić information content (AvgIpc) is 2.40. The van der Waals surface area contributed by atoms with Gasteiger partial charge in [0.25, 0.3) is 0 Å². The van der Waals surface area contributed by atoms with E-state index >= 15 is 0 Å². The second kappa shape index (κ2) is 6.30. The van der Waals surface area contributed by atoms with Gasteiger partial charge in [0.15, 0.2) is 0 Å². The fourth-order valence-corrected chi connectivity index (χ4v) is 3.03. The number of nitrogens with one attached hydrogen (secondary N) is 1. The minimum atomic E-state index is -0.861. The molecule has 0 aliphatic carbocycles. The third kappa shape index (κ3) is 3.42. The molecule has 1 aromatic carbocycles. The van der Waals surface area contributed by atoms with Crippen molar-refractivity contribution in [3.63, 3.8) is 0 Å². The maximum atomic E-state index is 11.4. The fraction of sp³-hybridized carbons (Fsp3) is 0.500. The molecule has 2 rings (SSSR count). The topological polar surface area (TPSA) is 52.6 Å². The summed E-state index contributed by atoms with van der Waals surface area (Å²) in [6.07, 6.45) is 4.01. The van der Waals surface area contributed by atoms with E-state index in [1.165, 1.54) is 11.8 Å². The zero-order valence-corrected chi connectivity index (χ0v) is 12.2. The lowest BCUT2D eigenvalue weighted by atomic mass is 10.0. The summed E-state index contributed by atoms with van der Waals surface area (Å²) in [6.45, 7) is 2.12. The number of carboxylic acid groups (broad SMARTS) is 1. The normalized spacial score (nSPS) is 17.4. The van der Waals surface area contributed by atoms with Crippen LogP contribution in [0.1, 0.15) is 23.2 Å². The van der Waals surface area contributed by atoms with Crippen molar-refractivity contribution in [2.24, 2.45) is 0 Å². The molecule has 0 atom stereocenters. The number of anilines is 1. The SMILES string of the molecule is CSc1cccc(NC2CCN(C)CC2)c1C(=O)O. The van der Waals surface area contributed by atoms with Crippen molar-refractivity contribution < 1.29 is 9.90 Å². The number of piperidine rings is 1. The van der Waals surface area contributed by atoms with Crippen molar-refractivity contribution in [3.05, 3.63) is 23.8 Å². The van der Waals surface area contributed by atoms with Crippen molar-refractivity contribution >= 4 is 23.4 Å². The first-order valence-corrected chi connectivity index (χ1v) is 7.69. The van der Waals surface area contributed by atoms with Crippen LogP contribution in [0.4, 0.5) is 5.69 Å². The van der Waals surface area contributed by atoms with Crippen LogP contribution in [0.5, 0.6) is 0 Å². The minimum absolute atomic E-state index is 0.367. The third-order valence-corrected chi connectivity index (χ3v) is 4.32. The standard InChI is InChI=1S/C14H20N2O2S/c1-16-8-6-10(7-9-16)15-11-4-3-5-12(19-2)13(11)14(17)18/h3-5,10,15H,6-9H2,1-2H3,(H,17,18). The van der Waals surface area contributed by atoms with Gasteiger partial charge in [-0.1, -0.05) is 6.07 Å². The molecule has 0 aromatic heterocycles. The second-order valence-corrected chi connectivity index (χ2v) is 5.76. The van der Waals surface area contributed by atoms with Gasteiger partial charge in [0.1, 0.15) is 0 Å². The number of carboxylic acids is 1. The number of nitrogens with zero attached hydrogens (tertiary/aromatic N) is 1. The average molecular weight is 280 g/mol. The van der Waals surface area contributed by atoms with Crippen molar-refractivity contribution in [1.82, 2.24) is 4.90 Å². The van der Waals surface area contributed by atoms with E-state index in [0.717, 1.165) is 36.5 Å². The van der Waals surface area contributed by atoms with Gasteiger partial charge < -0.3 is 15.3 Å². The van der Waals surface area contributed by atoms with E-state index < -0.39 is 5.97 Å². The Kier molecular flexibility index (Phi) is 4.71. The highest BCUT2D eigenvalue weighted by molar-refractivity contribution is 7.98. The number of carbonyl (C=O) groups is 1. The summed E-state index contributed by atoms with van der Waals surface area (Å²) in [6, 6.07) is 6.00. The molecule has 19 heavy (non-hydrogen) atoms. The van der Waals surface area contributed by atoms with Gasteiger partial charge in [-0.2, -0.15) is 0 Å². The molecule has 0 spiro atoms. The molecule has 0 bridgehead atoms. The Labute approximate surface area is 118 Å². The number of aromatic carboxylic acids is 1. The Balaban J connectivity index is 2.17. The quantitative estimate of drug-likeness (QED) is 0.830. The predicted molar refractivity (Wildman–Crippen MR) is 79.3 cm³/mol. The number of rotatable bonds is 4. The van der Waals surface area contributed by atoms with Gasteiger partial charge in [-0.3, -0.25) is 0 Å². The molecule has 4 nitrogen and oxygen atoms in total. The lowest BCUT2D eigenvalue weighted by molar-refractivity contribution is 0.0694. The third-order valence-electron chi connectivity index (χ3n) is 3.54. The van der Waals surface area contributed by atoms with E-state index in [-0.39, 0.29) is 0 Å². The van der Waals surface area contributed by atoms with Crippen molar-refractivity contribution in [2.75, 3.05) is 31.7 Å². The molecule has 0 unspecified atom stereocenters. The zero-order chi connectivity index (χ0) is 13.8. The Morgan fingerprint density at radius 1 is 1.42 bits per heavy atom. The lowest BCUT2D eigenvalue weighted by Gasteiger charge is -2.30. The van der Waals surface area contributed by atoms with Crippen molar-refractivity contribution in [2.45, 2.75) is 23.8 Å². The molecular formula is C14H20N2O2S. The molecule has 1 aliphatic rings. The Morgan fingerprint density at radius 2 is 2.11 bits per heavy atom. The van der Waals surface area contributed by atoms with Gasteiger partial charge in [0.2, 0.25) is 0 Å². The fourth-order valence-electron chi connectivity index (χ4n) is 2.41. The van der Waals surface area contributed by atoms with E-state index in [9.17, 15) is 9.90 Å². The van der Waals surface area contributed by atoms with Crippen LogP contribution in [0, 0.1) is 0 Å². The van der Waals surface area contributed by atoms with Gasteiger partial charge in [0, 0.05) is 10.9 Å². The Morgan fingerprint density at radius 3 is 2.68 bits per heavy atom. The van der Waals surface area contributed by atoms with Gasteiger partial charge in [0.05, 0.1) is 11.3 Å². The van der Waals surface area contributed by atoms with Crippen LogP contribution in [-0.4, -0.2) is 48.4 Å². The number of benzene rings is 1. The molecule has 1 saturated heterocycles. The highest BCUT2D eigenvalue weighted by Crippen LogP contribution is 2.28. The number of hydrogen-bond donors (Lipinski definition) is 2. The first-order chi connectivity index (χ1) is 9.11. The van der Waals surface area contributed by atoms with Crippen molar-refractivity contribution in [3.8, 4) is 0 Å². The first kappa shape index (κ1) is 14.2. The van der Waals surface area contributed by atoms with Gasteiger partial charge >= 0.3 is 5.97 Å². The summed E-state index contributed by atoms with van der Waals surface area (Å²) >= 11 is 1.47. The molecule has 0 amide bonds. The van der Waals surface area contributed by atoms with Crippen LogP contribution >= 0.6 is 11.8 Å². The largest absolute Gasteiger partial charge is 0.478 e. The predicted octanol–water partition coefficient (Wildman–Crippen LogP) is 2.61. The summed E-state index contributed by atoms with van der Waals surface area (Å²) in [4.78, 5) is 14.5. The summed E-state index contributed by atoms with van der Waals surface area (Å²) < 4.78 is 0. The van der Waals surface area contributed by atoms with Crippen LogP contribution in [0.2, 0.25) is 0 Å². The van der Waals surface area contributed by atoms with Crippen molar-refractivity contribution in [1.29, 1.82) is 0 Å². The molecule has 0 radical (unpaired) electrons. The van der Waals surface area contributed by atoms with Crippen LogP contribution in [0.25, 0.3) is 0 Å². The van der Waals surface area contributed by atoms with E-state index in [1.54, 1.807) is 0 Å². The number of hydrogen-bond acceptors (Lipinski definition) is 4. The molecule has 1 heterocycles. The minimum Gasteiger partial charge on any atom is -0.478 e. The molecule has 104 valence electrons. The monoisotopic (exact) mass is 280 g/mol. The summed E-state index contributed by atoms with van der Waals surface area (Å²) in [5.41, 5.74) is 1.14. The van der Waals surface area contributed by atoms with E-state index in [0.29, 0.717) is 11.6 Å². The molecule has 5 heteroatoms. The molecule has 1 aliphatic heterocycles. The molecule has 1 fully saturated rings. The Bertz CT molecular complexity index is 457. The van der Waals surface area contributed by atoms with Gasteiger partial charge in [-0.05, 0) is 51.4 Å². The smallest absolute Gasteiger partial charge is 0.338 e. The molecule has 2 N–H and O–H groups in total. The van der Waals surface area contributed by atoms with Gasteiger partial charge in [-0.25, -0.2) is 4.79 Å². The highest BCUT2D eigenvalue weighted by Gasteiger charge is 2.20. The molecule has 1 aromatic rings. The van der Waals surface area contributed by atoms with E-state index in [4.69, 9.17) is 0 Å². The number of likely N-dealkylation sites (tertiary alicyclic amines) is 1. The highest BCUT2D eigenvalue weighted by atomic mass is 32.2. The van der Waals surface area contributed by atoms with Crippen LogP contribution < -0.4 is 5.32 Å². The molecule has 0 saturated carbocycles. The zero-order valence-electron chi connectivity index (χ0n) is 11.3. The Hall–Kier alpha value is -1.20.